The number of rotatable bonds is 6. The van der Waals surface area contributed by atoms with E-state index in [0.29, 0.717) is 19.5 Å². The van der Waals surface area contributed by atoms with Crippen molar-refractivity contribution in [2.75, 3.05) is 13.1 Å². The summed E-state index contributed by atoms with van der Waals surface area (Å²) in [5.41, 5.74) is 6.69. The van der Waals surface area contributed by atoms with Crippen LogP contribution in [0.25, 0.3) is 0 Å². The third kappa shape index (κ3) is 4.33. The second kappa shape index (κ2) is 6.66. The highest BCUT2D eigenvalue weighted by atomic mass is 32.1. The summed E-state index contributed by atoms with van der Waals surface area (Å²) in [6, 6.07) is 2.22. The summed E-state index contributed by atoms with van der Waals surface area (Å²) in [7, 11) is 0. The second-order valence-electron chi connectivity index (χ2n) is 3.93. The van der Waals surface area contributed by atoms with Gasteiger partial charge in [-0.15, -0.1) is 11.3 Å². The van der Waals surface area contributed by atoms with Gasteiger partial charge in [0.2, 0.25) is 5.91 Å². The van der Waals surface area contributed by atoms with Gasteiger partial charge >= 0.3 is 0 Å². The van der Waals surface area contributed by atoms with Crippen molar-refractivity contribution in [1.29, 1.82) is 0 Å². The number of carbonyl (C=O) groups is 1. The molecule has 1 aromatic rings. The van der Waals surface area contributed by atoms with Gasteiger partial charge in [0.1, 0.15) is 0 Å². The number of amides is 1. The molecule has 0 aliphatic heterocycles. The van der Waals surface area contributed by atoms with Gasteiger partial charge in [-0.2, -0.15) is 0 Å². The lowest BCUT2D eigenvalue weighted by molar-refractivity contribution is -0.121. The molecule has 16 heavy (non-hydrogen) atoms. The summed E-state index contributed by atoms with van der Waals surface area (Å²) in [4.78, 5) is 14.0. The normalized spacial score (nSPS) is 10.4. The Balaban J connectivity index is 2.25. The first-order chi connectivity index (χ1) is 7.63. The Morgan fingerprint density at radius 2 is 2.25 bits per heavy atom. The maximum absolute atomic E-state index is 11.3. The summed E-state index contributed by atoms with van der Waals surface area (Å²) in [5, 5.41) is 2.78. The molecule has 90 valence electrons. The van der Waals surface area contributed by atoms with Gasteiger partial charge in [-0.1, -0.05) is 0 Å². The van der Waals surface area contributed by atoms with Crippen LogP contribution >= 0.6 is 11.3 Å². The Bertz CT molecular complexity index is 347. The molecule has 0 aromatic carbocycles. The molecule has 0 aliphatic rings. The van der Waals surface area contributed by atoms with Crippen molar-refractivity contribution in [3.63, 3.8) is 0 Å². The molecule has 0 unspecified atom stereocenters. The minimum absolute atomic E-state index is 0.107. The Labute approximate surface area is 101 Å². The first-order valence-electron chi connectivity index (χ1n) is 5.66. The lowest BCUT2D eigenvalue weighted by Crippen LogP contribution is -2.28. The number of nitrogens with two attached hydrogens (primary N) is 1. The molecule has 0 spiro atoms. The van der Waals surface area contributed by atoms with Crippen LogP contribution < -0.4 is 11.1 Å². The van der Waals surface area contributed by atoms with E-state index in [-0.39, 0.29) is 5.91 Å². The van der Waals surface area contributed by atoms with Crippen molar-refractivity contribution >= 4 is 17.2 Å². The SMILES string of the molecule is Cc1cc(CCCC(=O)NCCN)c(C)s1. The minimum atomic E-state index is 0.107. The Kier molecular flexibility index (Phi) is 5.49. The van der Waals surface area contributed by atoms with Crippen molar-refractivity contribution in [1.82, 2.24) is 5.32 Å². The molecule has 0 atom stereocenters. The predicted molar refractivity (Wildman–Crippen MR) is 68.8 cm³/mol. The summed E-state index contributed by atoms with van der Waals surface area (Å²) < 4.78 is 0. The first kappa shape index (κ1) is 13.2. The van der Waals surface area contributed by atoms with E-state index in [9.17, 15) is 4.79 Å². The van der Waals surface area contributed by atoms with Crippen molar-refractivity contribution in [2.45, 2.75) is 33.1 Å². The fraction of sp³-hybridized carbons (Fsp3) is 0.583. The molecule has 1 rings (SSSR count). The van der Waals surface area contributed by atoms with Crippen molar-refractivity contribution in [3.05, 3.63) is 21.4 Å². The molecule has 0 saturated carbocycles. The molecule has 1 aromatic heterocycles. The summed E-state index contributed by atoms with van der Waals surface area (Å²) >= 11 is 1.82. The van der Waals surface area contributed by atoms with Gasteiger partial charge in [-0.3, -0.25) is 4.79 Å². The molecule has 0 saturated heterocycles. The number of thiophene rings is 1. The average Bonchev–Trinajstić information content (AvgIpc) is 2.55. The smallest absolute Gasteiger partial charge is 0.220 e. The molecule has 4 heteroatoms. The van der Waals surface area contributed by atoms with Crippen LogP contribution in [0, 0.1) is 13.8 Å². The fourth-order valence-electron chi connectivity index (χ4n) is 1.67. The van der Waals surface area contributed by atoms with Crippen LogP contribution in [0.3, 0.4) is 0 Å². The van der Waals surface area contributed by atoms with E-state index < -0.39 is 0 Å². The van der Waals surface area contributed by atoms with Crippen LogP contribution in [0.2, 0.25) is 0 Å². The predicted octanol–water partition coefficient (Wildman–Crippen LogP) is 1.76. The lowest BCUT2D eigenvalue weighted by Gasteiger charge is -2.03. The molecule has 0 radical (unpaired) electrons. The largest absolute Gasteiger partial charge is 0.355 e. The van der Waals surface area contributed by atoms with Gasteiger partial charge in [0.15, 0.2) is 0 Å². The molecule has 0 aliphatic carbocycles. The monoisotopic (exact) mass is 240 g/mol. The van der Waals surface area contributed by atoms with Crippen LogP contribution in [0.15, 0.2) is 6.07 Å². The molecule has 3 nitrogen and oxygen atoms in total. The van der Waals surface area contributed by atoms with Crippen LogP contribution in [0.5, 0.6) is 0 Å². The number of hydrogen-bond donors (Lipinski definition) is 2. The van der Waals surface area contributed by atoms with Gasteiger partial charge < -0.3 is 11.1 Å². The van der Waals surface area contributed by atoms with Gasteiger partial charge in [0, 0.05) is 29.3 Å². The molecule has 0 fully saturated rings. The van der Waals surface area contributed by atoms with E-state index >= 15 is 0 Å². The second-order valence-corrected chi connectivity index (χ2v) is 5.39. The standard InChI is InChI=1S/C12H20N2OS/c1-9-8-11(10(2)16-9)4-3-5-12(15)14-7-6-13/h8H,3-7,13H2,1-2H3,(H,14,15). The highest BCUT2D eigenvalue weighted by Crippen LogP contribution is 2.21. The maximum atomic E-state index is 11.3. The number of aryl methyl sites for hydroxylation is 3. The zero-order chi connectivity index (χ0) is 12.0. The van der Waals surface area contributed by atoms with E-state index in [0.717, 1.165) is 12.8 Å². The summed E-state index contributed by atoms with van der Waals surface area (Å²) in [6.07, 6.45) is 2.49. The van der Waals surface area contributed by atoms with Crippen molar-refractivity contribution in [3.8, 4) is 0 Å². The highest BCUT2D eigenvalue weighted by Gasteiger charge is 2.04. The zero-order valence-corrected chi connectivity index (χ0v) is 10.8. The van der Waals surface area contributed by atoms with E-state index in [1.807, 2.05) is 11.3 Å². The molecule has 0 bridgehead atoms. The zero-order valence-electron chi connectivity index (χ0n) is 10.0. The molecule has 3 N–H and O–H groups in total. The van der Waals surface area contributed by atoms with E-state index in [4.69, 9.17) is 5.73 Å². The minimum Gasteiger partial charge on any atom is -0.355 e. The van der Waals surface area contributed by atoms with Crippen molar-refractivity contribution < 1.29 is 4.79 Å². The average molecular weight is 240 g/mol. The van der Waals surface area contributed by atoms with E-state index in [1.54, 1.807) is 0 Å². The van der Waals surface area contributed by atoms with Crippen LogP contribution in [0.1, 0.15) is 28.2 Å². The van der Waals surface area contributed by atoms with Gasteiger partial charge in [0.25, 0.3) is 0 Å². The topological polar surface area (TPSA) is 55.1 Å². The molecular formula is C12H20N2OS. The third-order valence-corrected chi connectivity index (χ3v) is 3.47. The van der Waals surface area contributed by atoms with Crippen LogP contribution in [-0.2, 0) is 11.2 Å². The molecule has 1 amide bonds. The first-order valence-corrected chi connectivity index (χ1v) is 6.48. The number of nitrogens with one attached hydrogen (secondary N) is 1. The van der Waals surface area contributed by atoms with E-state index in [1.165, 1.54) is 15.3 Å². The van der Waals surface area contributed by atoms with Gasteiger partial charge in [0.05, 0.1) is 0 Å². The quantitative estimate of drug-likeness (QED) is 0.796. The summed E-state index contributed by atoms with van der Waals surface area (Å²) in [6.45, 7) is 5.35. The lowest BCUT2D eigenvalue weighted by atomic mass is 10.1. The summed E-state index contributed by atoms with van der Waals surface area (Å²) in [5.74, 6) is 0.107. The molecule has 1 heterocycles. The van der Waals surface area contributed by atoms with E-state index in [2.05, 4.69) is 25.2 Å². The highest BCUT2D eigenvalue weighted by molar-refractivity contribution is 7.12. The van der Waals surface area contributed by atoms with Crippen LogP contribution in [-0.4, -0.2) is 19.0 Å². The van der Waals surface area contributed by atoms with Gasteiger partial charge in [-0.05, 0) is 38.3 Å². The third-order valence-electron chi connectivity index (χ3n) is 2.46. The van der Waals surface area contributed by atoms with Crippen molar-refractivity contribution in [2.24, 2.45) is 5.73 Å². The van der Waals surface area contributed by atoms with Crippen LogP contribution in [0.4, 0.5) is 0 Å². The number of hydrogen-bond acceptors (Lipinski definition) is 3. The fourth-order valence-corrected chi connectivity index (χ4v) is 2.65. The van der Waals surface area contributed by atoms with Gasteiger partial charge in [-0.25, -0.2) is 0 Å². The Morgan fingerprint density at radius 1 is 1.50 bits per heavy atom. The maximum Gasteiger partial charge on any atom is 0.220 e. The molecular weight excluding hydrogens is 220 g/mol. The number of carbonyl (C=O) groups excluding carboxylic acids is 1. The Hall–Kier alpha value is -0.870. The Morgan fingerprint density at radius 3 is 2.81 bits per heavy atom.